The molecule has 4 aromatic rings. The molecule has 0 atom stereocenters. The van der Waals surface area contributed by atoms with E-state index in [-0.39, 0.29) is 0 Å². The molecule has 4 rings (SSSR count). The first-order valence-corrected chi connectivity index (χ1v) is 11.3. The molecule has 1 N–H and O–H groups in total. The number of hydrogen-bond donors (Lipinski definition) is 1. The third-order valence-corrected chi connectivity index (χ3v) is 5.99. The molecule has 1 heterocycles. The highest BCUT2D eigenvalue weighted by Gasteiger charge is 2.15. The average molecular weight is 481 g/mol. The van der Waals surface area contributed by atoms with Gasteiger partial charge in [-0.15, -0.1) is 0 Å². The van der Waals surface area contributed by atoms with Crippen LogP contribution in [0.1, 0.15) is 16.7 Å². The Morgan fingerprint density at radius 1 is 0.812 bits per heavy atom. The van der Waals surface area contributed by atoms with Gasteiger partial charge in [-0.25, -0.2) is 4.68 Å². The van der Waals surface area contributed by atoms with Crippen molar-refractivity contribution in [3.05, 3.63) is 118 Å². The van der Waals surface area contributed by atoms with Crippen LogP contribution in [0.15, 0.2) is 91.1 Å². The minimum Gasteiger partial charge on any atom is -0.340 e. The molecule has 0 amide bonds. The molecule has 0 spiro atoms. The van der Waals surface area contributed by atoms with Crippen LogP contribution in [-0.2, 0) is 19.6 Å². The Bertz CT molecular complexity index is 1120. The van der Waals surface area contributed by atoms with E-state index in [2.05, 4.69) is 39.6 Å². The summed E-state index contributed by atoms with van der Waals surface area (Å²) in [4.78, 5) is 2.12. The first-order valence-electron chi connectivity index (χ1n) is 10.2. The topological polar surface area (TPSA) is 33.1 Å². The van der Waals surface area contributed by atoms with Gasteiger partial charge in [0.2, 0.25) is 0 Å². The Hall–Kier alpha value is -2.86. The van der Waals surface area contributed by atoms with Gasteiger partial charge in [-0.3, -0.25) is 0 Å². The fraction of sp³-hybridized carbons (Fsp3) is 0.120. The maximum Gasteiger partial charge on any atom is 0.174 e. The highest BCUT2D eigenvalue weighted by atomic mass is 35.5. The zero-order valence-electron chi connectivity index (χ0n) is 17.3. The number of benzene rings is 3. The number of anilines is 1. The molecule has 0 bridgehead atoms. The summed E-state index contributed by atoms with van der Waals surface area (Å²) in [7, 11) is 0. The van der Waals surface area contributed by atoms with Crippen LogP contribution in [0, 0.1) is 0 Å². The SMILES string of the molecule is S=C(Nc1cnn(Cc2ccc(Cl)cc2)c1Cl)N(Cc1ccccc1)Cc1ccccc1. The average Bonchev–Trinajstić information content (AvgIpc) is 3.15. The quantitative estimate of drug-likeness (QED) is 0.300. The van der Waals surface area contributed by atoms with Crippen molar-refractivity contribution in [2.24, 2.45) is 0 Å². The lowest BCUT2D eigenvalue weighted by molar-refractivity contribution is 0.413. The Balaban J connectivity index is 1.49. The van der Waals surface area contributed by atoms with E-state index in [0.717, 1.165) is 5.56 Å². The molecule has 0 saturated heterocycles. The summed E-state index contributed by atoms with van der Waals surface area (Å²) < 4.78 is 1.73. The van der Waals surface area contributed by atoms with Gasteiger partial charge in [0.15, 0.2) is 10.3 Å². The summed E-state index contributed by atoms with van der Waals surface area (Å²) in [5.74, 6) is 0. The Labute approximate surface area is 203 Å². The number of nitrogens with zero attached hydrogens (tertiary/aromatic N) is 3. The Morgan fingerprint density at radius 2 is 1.38 bits per heavy atom. The molecular weight excluding hydrogens is 459 g/mol. The van der Waals surface area contributed by atoms with E-state index in [4.69, 9.17) is 35.4 Å². The van der Waals surface area contributed by atoms with E-state index in [1.165, 1.54) is 11.1 Å². The van der Waals surface area contributed by atoms with Crippen molar-refractivity contribution in [2.75, 3.05) is 5.32 Å². The van der Waals surface area contributed by atoms with Crippen molar-refractivity contribution < 1.29 is 0 Å². The number of aromatic nitrogens is 2. The number of thiocarbonyl (C=S) groups is 1. The zero-order chi connectivity index (χ0) is 22.3. The van der Waals surface area contributed by atoms with E-state index in [1.54, 1.807) is 10.9 Å². The number of rotatable bonds is 7. The predicted octanol–water partition coefficient (Wildman–Crippen LogP) is 6.64. The van der Waals surface area contributed by atoms with Gasteiger partial charge in [-0.2, -0.15) is 5.10 Å². The van der Waals surface area contributed by atoms with E-state index in [9.17, 15) is 0 Å². The second-order valence-corrected chi connectivity index (χ2v) is 8.57. The zero-order valence-corrected chi connectivity index (χ0v) is 19.6. The van der Waals surface area contributed by atoms with Crippen molar-refractivity contribution >= 4 is 46.2 Å². The molecule has 162 valence electrons. The molecular formula is C25H22Cl2N4S. The van der Waals surface area contributed by atoms with E-state index in [1.807, 2.05) is 60.7 Å². The summed E-state index contributed by atoms with van der Waals surface area (Å²) in [5, 5.41) is 9.50. The third kappa shape index (κ3) is 5.88. The highest BCUT2D eigenvalue weighted by molar-refractivity contribution is 7.80. The van der Waals surface area contributed by atoms with Crippen LogP contribution < -0.4 is 5.32 Å². The Kier molecular flexibility index (Phi) is 7.43. The standard InChI is InChI=1S/C25H22Cl2N4S/c26-22-13-11-21(12-14-22)18-31-24(27)23(15-28-31)29-25(32)30(16-19-7-3-1-4-8-19)17-20-9-5-2-6-10-20/h1-15H,16-18H2,(H,29,32). The maximum atomic E-state index is 6.61. The molecule has 4 nitrogen and oxygen atoms in total. The molecule has 7 heteroatoms. The molecule has 0 aliphatic rings. The molecule has 0 fully saturated rings. The van der Waals surface area contributed by atoms with Gasteiger partial charge in [-0.1, -0.05) is 96.0 Å². The van der Waals surface area contributed by atoms with Crippen molar-refractivity contribution in [1.29, 1.82) is 0 Å². The summed E-state index contributed by atoms with van der Waals surface area (Å²) in [6.45, 7) is 1.90. The highest BCUT2D eigenvalue weighted by Crippen LogP contribution is 2.24. The van der Waals surface area contributed by atoms with Crippen LogP contribution in [0.4, 0.5) is 5.69 Å². The van der Waals surface area contributed by atoms with E-state index in [0.29, 0.717) is 40.6 Å². The minimum absolute atomic E-state index is 0.502. The summed E-state index contributed by atoms with van der Waals surface area (Å²) >= 11 is 18.4. The lowest BCUT2D eigenvalue weighted by atomic mass is 10.2. The molecule has 0 saturated carbocycles. The molecule has 32 heavy (non-hydrogen) atoms. The summed E-state index contributed by atoms with van der Waals surface area (Å²) in [6, 6.07) is 28.2. The molecule has 1 aromatic heterocycles. The van der Waals surface area contributed by atoms with Gasteiger partial charge in [0.1, 0.15) is 0 Å². The van der Waals surface area contributed by atoms with Crippen molar-refractivity contribution in [3.8, 4) is 0 Å². The van der Waals surface area contributed by atoms with Gasteiger partial charge in [0.25, 0.3) is 0 Å². The maximum absolute atomic E-state index is 6.61. The fourth-order valence-electron chi connectivity index (χ4n) is 3.33. The van der Waals surface area contributed by atoms with Gasteiger partial charge in [-0.05, 0) is 41.0 Å². The van der Waals surface area contributed by atoms with Crippen LogP contribution in [0.2, 0.25) is 10.2 Å². The summed E-state index contributed by atoms with van der Waals surface area (Å²) in [6.07, 6.45) is 1.70. The van der Waals surface area contributed by atoms with Crippen LogP contribution in [0.5, 0.6) is 0 Å². The molecule has 0 aliphatic heterocycles. The van der Waals surface area contributed by atoms with E-state index < -0.39 is 0 Å². The second-order valence-electron chi connectivity index (χ2n) is 7.39. The third-order valence-electron chi connectivity index (χ3n) is 4.98. The predicted molar refractivity (Wildman–Crippen MR) is 136 cm³/mol. The van der Waals surface area contributed by atoms with Crippen molar-refractivity contribution in [1.82, 2.24) is 14.7 Å². The normalized spacial score (nSPS) is 10.7. The fourth-order valence-corrected chi connectivity index (χ4v) is 3.89. The molecule has 0 unspecified atom stereocenters. The lowest BCUT2D eigenvalue weighted by Crippen LogP contribution is -2.33. The van der Waals surface area contributed by atoms with Crippen LogP contribution in [0.25, 0.3) is 0 Å². The first-order chi connectivity index (χ1) is 15.6. The summed E-state index contributed by atoms with van der Waals surface area (Å²) in [5.41, 5.74) is 4.09. The number of nitrogens with one attached hydrogen (secondary N) is 1. The molecule has 0 aliphatic carbocycles. The monoisotopic (exact) mass is 480 g/mol. The number of halogens is 2. The minimum atomic E-state index is 0.502. The van der Waals surface area contributed by atoms with Gasteiger partial charge in [0, 0.05) is 18.1 Å². The van der Waals surface area contributed by atoms with Crippen LogP contribution >= 0.6 is 35.4 Å². The van der Waals surface area contributed by atoms with Gasteiger partial charge >= 0.3 is 0 Å². The second kappa shape index (κ2) is 10.6. The van der Waals surface area contributed by atoms with Gasteiger partial charge < -0.3 is 10.2 Å². The lowest BCUT2D eigenvalue weighted by Gasteiger charge is -2.26. The van der Waals surface area contributed by atoms with Crippen LogP contribution in [0.3, 0.4) is 0 Å². The van der Waals surface area contributed by atoms with Crippen molar-refractivity contribution in [3.63, 3.8) is 0 Å². The van der Waals surface area contributed by atoms with Crippen LogP contribution in [-0.4, -0.2) is 19.8 Å². The first kappa shape index (κ1) is 22.3. The largest absolute Gasteiger partial charge is 0.340 e. The van der Waals surface area contributed by atoms with Gasteiger partial charge in [0.05, 0.1) is 18.4 Å². The Morgan fingerprint density at radius 3 is 1.94 bits per heavy atom. The molecule has 0 radical (unpaired) electrons. The van der Waals surface area contributed by atoms with E-state index >= 15 is 0 Å². The smallest absolute Gasteiger partial charge is 0.174 e. The van der Waals surface area contributed by atoms with Crippen molar-refractivity contribution in [2.45, 2.75) is 19.6 Å². The number of hydrogen-bond acceptors (Lipinski definition) is 2. The molecule has 3 aromatic carbocycles.